The van der Waals surface area contributed by atoms with E-state index in [2.05, 4.69) is 27.0 Å². The highest BCUT2D eigenvalue weighted by molar-refractivity contribution is 7.77. The summed E-state index contributed by atoms with van der Waals surface area (Å²) in [7, 11) is 0. The molecule has 1 aliphatic rings. The highest BCUT2D eigenvalue weighted by Gasteiger charge is 2.13. The number of nitrogens with zero attached hydrogens (tertiary/aromatic N) is 3. The number of anilines is 1. The number of thiol groups is 1. The van der Waals surface area contributed by atoms with E-state index >= 15 is 0 Å². The lowest BCUT2D eigenvalue weighted by molar-refractivity contribution is 0.199. The molecule has 0 aromatic carbocycles. The van der Waals surface area contributed by atoms with Crippen molar-refractivity contribution in [2.75, 3.05) is 38.5 Å². The summed E-state index contributed by atoms with van der Waals surface area (Å²) in [4.78, 5) is 6.75. The number of aromatic nitrogens is 1. The first-order valence-corrected chi connectivity index (χ1v) is 6.00. The zero-order chi connectivity index (χ0) is 11.4. The third-order valence-corrected chi connectivity index (χ3v) is 3.28. The Kier molecular flexibility index (Phi) is 4.04. The quantitative estimate of drug-likeness (QED) is 0.760. The SMILES string of the molecule is Nc1ccc(CCN2CCN(S)CC2)nc1. The normalized spacial score (nSPS) is 18.8. The van der Waals surface area contributed by atoms with Gasteiger partial charge >= 0.3 is 0 Å². The lowest BCUT2D eigenvalue weighted by Crippen LogP contribution is -2.43. The summed E-state index contributed by atoms with van der Waals surface area (Å²) in [6.45, 7) is 5.34. The third kappa shape index (κ3) is 3.37. The van der Waals surface area contributed by atoms with E-state index in [-0.39, 0.29) is 0 Å². The molecule has 5 heteroatoms. The van der Waals surface area contributed by atoms with E-state index in [0.717, 1.165) is 50.5 Å². The van der Waals surface area contributed by atoms with E-state index in [1.165, 1.54) is 0 Å². The van der Waals surface area contributed by atoms with E-state index in [1.54, 1.807) is 6.20 Å². The predicted molar refractivity (Wildman–Crippen MR) is 69.4 cm³/mol. The van der Waals surface area contributed by atoms with Crippen LogP contribution in [0.15, 0.2) is 18.3 Å². The Bertz CT molecular complexity index is 319. The van der Waals surface area contributed by atoms with E-state index in [1.807, 2.05) is 12.1 Å². The summed E-state index contributed by atoms with van der Waals surface area (Å²) in [5.74, 6) is 0. The van der Waals surface area contributed by atoms with Crippen LogP contribution in [0.5, 0.6) is 0 Å². The summed E-state index contributed by atoms with van der Waals surface area (Å²) in [6.07, 6.45) is 2.72. The predicted octanol–water partition coefficient (Wildman–Crippen LogP) is 0.669. The molecule has 0 aliphatic carbocycles. The number of pyridine rings is 1. The molecule has 2 N–H and O–H groups in total. The molecule has 1 saturated heterocycles. The molecule has 0 bridgehead atoms. The largest absolute Gasteiger partial charge is 0.397 e. The van der Waals surface area contributed by atoms with Crippen molar-refractivity contribution in [2.45, 2.75) is 6.42 Å². The molecular formula is C11H18N4S. The van der Waals surface area contributed by atoms with Gasteiger partial charge in [-0.3, -0.25) is 9.29 Å². The fourth-order valence-electron chi connectivity index (χ4n) is 1.82. The standard InChI is InChI=1S/C11H18N4S/c12-10-1-2-11(13-9-10)3-4-14-5-7-15(16)8-6-14/h1-2,9,16H,3-8,12H2. The highest BCUT2D eigenvalue weighted by Crippen LogP contribution is 2.06. The number of rotatable bonds is 3. The van der Waals surface area contributed by atoms with Gasteiger partial charge in [-0.2, -0.15) is 0 Å². The van der Waals surface area contributed by atoms with Crippen molar-refractivity contribution >= 4 is 18.5 Å². The second kappa shape index (κ2) is 5.52. The monoisotopic (exact) mass is 238 g/mol. The molecule has 88 valence electrons. The summed E-state index contributed by atoms with van der Waals surface area (Å²) < 4.78 is 2.07. The van der Waals surface area contributed by atoms with Gasteiger partial charge in [0, 0.05) is 44.8 Å². The number of hydrogen-bond acceptors (Lipinski definition) is 5. The number of nitrogen functional groups attached to an aromatic ring is 1. The fraction of sp³-hybridized carbons (Fsp3) is 0.545. The lowest BCUT2D eigenvalue weighted by atomic mass is 10.2. The maximum absolute atomic E-state index is 5.59. The Hall–Kier alpha value is -0.780. The van der Waals surface area contributed by atoms with E-state index in [0.29, 0.717) is 0 Å². The first-order chi connectivity index (χ1) is 7.74. The molecule has 2 rings (SSSR count). The van der Waals surface area contributed by atoms with Crippen LogP contribution in [0.3, 0.4) is 0 Å². The maximum atomic E-state index is 5.59. The Morgan fingerprint density at radius 2 is 2.00 bits per heavy atom. The molecule has 0 saturated carbocycles. The summed E-state index contributed by atoms with van der Waals surface area (Å²) in [5, 5.41) is 0. The zero-order valence-electron chi connectivity index (χ0n) is 9.34. The minimum absolute atomic E-state index is 0.729. The maximum Gasteiger partial charge on any atom is 0.0501 e. The molecule has 0 amide bonds. The van der Waals surface area contributed by atoms with Crippen LogP contribution < -0.4 is 5.73 Å². The van der Waals surface area contributed by atoms with Crippen LogP contribution in [0.1, 0.15) is 5.69 Å². The second-order valence-electron chi connectivity index (χ2n) is 4.13. The van der Waals surface area contributed by atoms with Gasteiger partial charge in [0.1, 0.15) is 0 Å². The van der Waals surface area contributed by atoms with Crippen molar-refractivity contribution in [1.29, 1.82) is 0 Å². The van der Waals surface area contributed by atoms with Gasteiger partial charge in [0.25, 0.3) is 0 Å². The Morgan fingerprint density at radius 3 is 2.62 bits per heavy atom. The van der Waals surface area contributed by atoms with Crippen molar-refractivity contribution in [3.63, 3.8) is 0 Å². The van der Waals surface area contributed by atoms with E-state index in [4.69, 9.17) is 5.73 Å². The lowest BCUT2D eigenvalue weighted by Gasteiger charge is -2.31. The van der Waals surface area contributed by atoms with Gasteiger partial charge in [-0.15, -0.1) is 0 Å². The van der Waals surface area contributed by atoms with E-state index < -0.39 is 0 Å². The average molecular weight is 238 g/mol. The van der Waals surface area contributed by atoms with Crippen LogP contribution in [0.25, 0.3) is 0 Å². The molecular weight excluding hydrogens is 220 g/mol. The van der Waals surface area contributed by atoms with Gasteiger partial charge in [0.05, 0.1) is 11.9 Å². The van der Waals surface area contributed by atoms with Crippen LogP contribution in [-0.2, 0) is 6.42 Å². The van der Waals surface area contributed by atoms with Crippen molar-refractivity contribution in [2.24, 2.45) is 0 Å². The average Bonchev–Trinajstić information content (AvgIpc) is 2.30. The van der Waals surface area contributed by atoms with Crippen LogP contribution in [-0.4, -0.2) is 46.9 Å². The Balaban J connectivity index is 1.77. The van der Waals surface area contributed by atoms with E-state index in [9.17, 15) is 0 Å². The number of piperazine rings is 1. The van der Waals surface area contributed by atoms with Gasteiger partial charge in [-0.1, -0.05) is 12.8 Å². The molecule has 2 heterocycles. The minimum Gasteiger partial charge on any atom is -0.397 e. The highest BCUT2D eigenvalue weighted by atomic mass is 32.1. The molecule has 0 radical (unpaired) electrons. The second-order valence-corrected chi connectivity index (χ2v) is 4.69. The van der Waals surface area contributed by atoms with Crippen LogP contribution in [0.2, 0.25) is 0 Å². The number of nitrogens with two attached hydrogens (primary N) is 1. The molecule has 1 fully saturated rings. The van der Waals surface area contributed by atoms with Crippen molar-refractivity contribution in [1.82, 2.24) is 14.2 Å². The minimum atomic E-state index is 0.729. The molecule has 1 aromatic heterocycles. The van der Waals surface area contributed by atoms with Crippen LogP contribution in [0.4, 0.5) is 5.69 Å². The van der Waals surface area contributed by atoms with Crippen molar-refractivity contribution in [3.05, 3.63) is 24.0 Å². The van der Waals surface area contributed by atoms with Gasteiger partial charge in [-0.25, -0.2) is 0 Å². The van der Waals surface area contributed by atoms with Gasteiger partial charge in [0.2, 0.25) is 0 Å². The number of hydrogen-bond donors (Lipinski definition) is 2. The van der Waals surface area contributed by atoms with Crippen LogP contribution >= 0.6 is 12.8 Å². The summed E-state index contributed by atoms with van der Waals surface area (Å²) in [5.41, 5.74) is 7.44. The van der Waals surface area contributed by atoms with Crippen molar-refractivity contribution < 1.29 is 0 Å². The first kappa shape index (κ1) is 11.7. The molecule has 0 spiro atoms. The molecule has 0 unspecified atom stereocenters. The van der Waals surface area contributed by atoms with Gasteiger partial charge in [0.15, 0.2) is 0 Å². The van der Waals surface area contributed by atoms with Crippen molar-refractivity contribution in [3.8, 4) is 0 Å². The van der Waals surface area contributed by atoms with Gasteiger partial charge < -0.3 is 10.6 Å². The van der Waals surface area contributed by atoms with Crippen LogP contribution in [0, 0.1) is 0 Å². The van der Waals surface area contributed by atoms with Gasteiger partial charge in [-0.05, 0) is 12.1 Å². The molecule has 4 nitrogen and oxygen atoms in total. The molecule has 0 atom stereocenters. The molecule has 1 aliphatic heterocycles. The topological polar surface area (TPSA) is 45.4 Å². The Morgan fingerprint density at radius 1 is 1.25 bits per heavy atom. The molecule has 1 aromatic rings. The zero-order valence-corrected chi connectivity index (χ0v) is 10.2. The first-order valence-electron chi connectivity index (χ1n) is 5.60. The fourth-order valence-corrected chi connectivity index (χ4v) is 2.00. The summed E-state index contributed by atoms with van der Waals surface area (Å²) >= 11 is 4.33. The molecule has 16 heavy (non-hydrogen) atoms. The summed E-state index contributed by atoms with van der Waals surface area (Å²) in [6, 6.07) is 3.91. The third-order valence-electron chi connectivity index (χ3n) is 2.88. The smallest absolute Gasteiger partial charge is 0.0501 e. The Labute approximate surface area is 102 Å².